The van der Waals surface area contributed by atoms with Crippen LogP contribution in [0, 0.1) is 5.92 Å². The van der Waals surface area contributed by atoms with Crippen molar-refractivity contribution >= 4 is 17.5 Å². The van der Waals surface area contributed by atoms with Gasteiger partial charge in [-0.2, -0.15) is 0 Å². The van der Waals surface area contributed by atoms with Gasteiger partial charge < -0.3 is 15.0 Å². The Bertz CT molecular complexity index is 936. The predicted molar refractivity (Wildman–Crippen MR) is 126 cm³/mol. The fourth-order valence-electron chi connectivity index (χ4n) is 4.67. The van der Waals surface area contributed by atoms with Crippen molar-refractivity contribution in [3.63, 3.8) is 0 Å². The molecular formula is C26H33N3O3. The SMILES string of the molecule is CCOc1ccc(NC(=O)CN2CCc3ccccc3[C@H]2C(=O)N2CCC(C)CC2)cc1. The van der Waals surface area contributed by atoms with E-state index in [2.05, 4.69) is 18.3 Å². The van der Waals surface area contributed by atoms with Crippen molar-refractivity contribution in [1.29, 1.82) is 0 Å². The highest BCUT2D eigenvalue weighted by atomic mass is 16.5. The van der Waals surface area contributed by atoms with Crippen LogP contribution in [0.3, 0.4) is 0 Å². The molecule has 6 nitrogen and oxygen atoms in total. The molecule has 0 saturated carbocycles. The first-order valence-electron chi connectivity index (χ1n) is 11.7. The minimum Gasteiger partial charge on any atom is -0.494 e. The Balaban J connectivity index is 1.48. The smallest absolute Gasteiger partial charge is 0.244 e. The second-order valence-electron chi connectivity index (χ2n) is 8.84. The number of anilines is 1. The molecule has 0 radical (unpaired) electrons. The van der Waals surface area contributed by atoms with E-state index in [1.807, 2.05) is 59.2 Å². The van der Waals surface area contributed by atoms with Crippen LogP contribution in [0.4, 0.5) is 5.69 Å². The molecule has 2 aromatic rings. The van der Waals surface area contributed by atoms with Crippen LogP contribution < -0.4 is 10.1 Å². The molecule has 0 aromatic heterocycles. The zero-order chi connectivity index (χ0) is 22.5. The zero-order valence-corrected chi connectivity index (χ0v) is 19.0. The lowest BCUT2D eigenvalue weighted by Gasteiger charge is -2.40. The van der Waals surface area contributed by atoms with Crippen LogP contribution in [0.1, 0.15) is 43.9 Å². The highest BCUT2D eigenvalue weighted by Gasteiger charge is 2.37. The van der Waals surface area contributed by atoms with E-state index in [0.29, 0.717) is 19.1 Å². The minimum absolute atomic E-state index is 0.112. The van der Waals surface area contributed by atoms with Crippen molar-refractivity contribution < 1.29 is 14.3 Å². The van der Waals surface area contributed by atoms with E-state index in [-0.39, 0.29) is 18.4 Å². The van der Waals surface area contributed by atoms with Gasteiger partial charge in [-0.25, -0.2) is 0 Å². The Kier molecular flexibility index (Phi) is 7.10. The maximum absolute atomic E-state index is 13.6. The molecule has 0 bridgehead atoms. The molecule has 0 unspecified atom stereocenters. The summed E-state index contributed by atoms with van der Waals surface area (Å²) in [7, 11) is 0. The molecule has 0 spiro atoms. The topological polar surface area (TPSA) is 61.9 Å². The van der Waals surface area contributed by atoms with E-state index in [4.69, 9.17) is 4.74 Å². The minimum atomic E-state index is -0.403. The van der Waals surface area contributed by atoms with Gasteiger partial charge in [0.25, 0.3) is 0 Å². The highest BCUT2D eigenvalue weighted by molar-refractivity contribution is 5.93. The number of likely N-dealkylation sites (tertiary alicyclic amines) is 1. The normalized spacial score (nSPS) is 19.3. The fraction of sp³-hybridized carbons (Fsp3) is 0.462. The number of nitrogens with one attached hydrogen (secondary N) is 1. The Morgan fingerprint density at radius 1 is 1.03 bits per heavy atom. The van der Waals surface area contributed by atoms with Crippen LogP contribution in [0.5, 0.6) is 5.75 Å². The van der Waals surface area contributed by atoms with E-state index >= 15 is 0 Å². The van der Waals surface area contributed by atoms with Gasteiger partial charge in [0, 0.05) is 25.3 Å². The van der Waals surface area contributed by atoms with Crippen LogP contribution >= 0.6 is 0 Å². The lowest BCUT2D eigenvalue weighted by Crippen LogP contribution is -2.50. The molecule has 170 valence electrons. The van der Waals surface area contributed by atoms with Gasteiger partial charge in [0.2, 0.25) is 11.8 Å². The summed E-state index contributed by atoms with van der Waals surface area (Å²) in [5.74, 6) is 1.45. The third-order valence-corrected chi connectivity index (χ3v) is 6.51. The van der Waals surface area contributed by atoms with Crippen LogP contribution in [0.2, 0.25) is 0 Å². The number of benzene rings is 2. The molecule has 1 N–H and O–H groups in total. The molecule has 1 atom stereocenters. The zero-order valence-electron chi connectivity index (χ0n) is 19.0. The third kappa shape index (κ3) is 5.13. The van der Waals surface area contributed by atoms with E-state index in [0.717, 1.165) is 49.4 Å². The molecule has 2 heterocycles. The maximum atomic E-state index is 13.6. The number of fused-ring (bicyclic) bond motifs is 1. The molecule has 1 fully saturated rings. The van der Waals surface area contributed by atoms with Crippen molar-refractivity contribution in [1.82, 2.24) is 9.80 Å². The quantitative estimate of drug-likeness (QED) is 0.748. The number of carbonyl (C=O) groups excluding carboxylic acids is 2. The van der Waals surface area contributed by atoms with Crippen LogP contribution in [0.15, 0.2) is 48.5 Å². The highest BCUT2D eigenvalue weighted by Crippen LogP contribution is 2.32. The predicted octanol–water partition coefficient (Wildman–Crippen LogP) is 3.88. The largest absolute Gasteiger partial charge is 0.494 e. The van der Waals surface area contributed by atoms with Gasteiger partial charge in [-0.1, -0.05) is 31.2 Å². The number of nitrogens with zero attached hydrogens (tertiary/aromatic N) is 2. The average Bonchev–Trinajstić information content (AvgIpc) is 2.80. The Hall–Kier alpha value is -2.86. The Morgan fingerprint density at radius 3 is 2.47 bits per heavy atom. The van der Waals surface area contributed by atoms with E-state index in [1.165, 1.54) is 5.56 Å². The second kappa shape index (κ2) is 10.2. The number of carbonyl (C=O) groups is 2. The van der Waals surface area contributed by atoms with Gasteiger partial charge >= 0.3 is 0 Å². The average molecular weight is 436 g/mol. The molecular weight excluding hydrogens is 402 g/mol. The van der Waals surface area contributed by atoms with Crippen molar-refractivity contribution in [2.75, 3.05) is 38.1 Å². The summed E-state index contributed by atoms with van der Waals surface area (Å²) in [6.07, 6.45) is 2.92. The van der Waals surface area contributed by atoms with Gasteiger partial charge in [0.15, 0.2) is 0 Å². The van der Waals surface area contributed by atoms with E-state index in [9.17, 15) is 9.59 Å². The van der Waals surface area contributed by atoms with Gasteiger partial charge in [-0.3, -0.25) is 14.5 Å². The monoisotopic (exact) mass is 435 g/mol. The molecule has 1 saturated heterocycles. The van der Waals surface area contributed by atoms with Gasteiger partial charge in [0.05, 0.1) is 13.2 Å². The standard InChI is InChI=1S/C26H33N3O3/c1-3-32-22-10-8-21(9-11-22)27-24(30)18-29-17-14-20-6-4-5-7-23(20)25(29)26(31)28-15-12-19(2)13-16-28/h4-11,19,25H,3,12-18H2,1-2H3,(H,27,30)/t25-/m0/s1. The van der Waals surface area contributed by atoms with Crippen molar-refractivity contribution in [2.45, 2.75) is 39.2 Å². The van der Waals surface area contributed by atoms with Crippen LogP contribution in [0.25, 0.3) is 0 Å². The summed E-state index contributed by atoms with van der Waals surface area (Å²) in [6.45, 7) is 7.25. The molecule has 4 rings (SSSR count). The number of hydrogen-bond acceptors (Lipinski definition) is 4. The van der Waals surface area contributed by atoms with Gasteiger partial charge in [-0.15, -0.1) is 0 Å². The summed E-state index contributed by atoms with van der Waals surface area (Å²) in [5, 5.41) is 2.97. The molecule has 32 heavy (non-hydrogen) atoms. The second-order valence-corrected chi connectivity index (χ2v) is 8.84. The van der Waals surface area contributed by atoms with Gasteiger partial charge in [-0.05, 0) is 67.5 Å². The summed E-state index contributed by atoms with van der Waals surface area (Å²) < 4.78 is 5.46. The fourth-order valence-corrected chi connectivity index (χ4v) is 4.67. The summed E-state index contributed by atoms with van der Waals surface area (Å²) in [6, 6.07) is 15.1. The van der Waals surface area contributed by atoms with E-state index < -0.39 is 6.04 Å². The van der Waals surface area contributed by atoms with Crippen LogP contribution in [-0.4, -0.2) is 54.4 Å². The molecule has 2 aromatic carbocycles. The Morgan fingerprint density at radius 2 is 1.75 bits per heavy atom. The van der Waals surface area contributed by atoms with Gasteiger partial charge in [0.1, 0.15) is 11.8 Å². The lowest BCUT2D eigenvalue weighted by atomic mass is 9.90. The maximum Gasteiger partial charge on any atom is 0.244 e. The molecule has 6 heteroatoms. The summed E-state index contributed by atoms with van der Waals surface area (Å²) >= 11 is 0. The number of amides is 2. The van der Waals surface area contributed by atoms with Crippen LogP contribution in [-0.2, 0) is 16.0 Å². The summed E-state index contributed by atoms with van der Waals surface area (Å²) in [4.78, 5) is 30.5. The third-order valence-electron chi connectivity index (χ3n) is 6.51. The Labute approximate surface area is 190 Å². The molecule has 2 aliphatic rings. The van der Waals surface area contributed by atoms with Crippen molar-refractivity contribution in [2.24, 2.45) is 5.92 Å². The van der Waals surface area contributed by atoms with Crippen molar-refractivity contribution in [3.8, 4) is 5.75 Å². The first-order valence-corrected chi connectivity index (χ1v) is 11.7. The lowest BCUT2D eigenvalue weighted by molar-refractivity contribution is -0.139. The first kappa shape index (κ1) is 22.3. The molecule has 0 aliphatic carbocycles. The van der Waals surface area contributed by atoms with E-state index in [1.54, 1.807) is 0 Å². The number of piperidine rings is 1. The number of rotatable bonds is 6. The first-order chi connectivity index (χ1) is 15.5. The molecule has 2 amide bonds. The number of hydrogen-bond donors (Lipinski definition) is 1. The van der Waals surface area contributed by atoms with Crippen molar-refractivity contribution in [3.05, 3.63) is 59.7 Å². The number of ether oxygens (including phenoxy) is 1. The summed E-state index contributed by atoms with van der Waals surface area (Å²) in [5.41, 5.74) is 2.97. The molecule has 2 aliphatic heterocycles.